The molecule has 1 fully saturated rings. The van der Waals surface area contributed by atoms with Crippen molar-refractivity contribution in [1.82, 2.24) is 4.90 Å². The van der Waals surface area contributed by atoms with E-state index in [1.807, 2.05) is 6.92 Å². The summed E-state index contributed by atoms with van der Waals surface area (Å²) in [4.78, 5) is 23.9. The topological polar surface area (TPSA) is 72.7 Å². The van der Waals surface area contributed by atoms with Crippen LogP contribution in [0.4, 0.5) is 5.69 Å². The van der Waals surface area contributed by atoms with Gasteiger partial charge in [-0.1, -0.05) is 6.08 Å². The molecule has 7 heteroatoms. The number of nitro benzene ring substituents is 1. The number of benzene rings is 1. The average molecular weight is 369 g/mol. The van der Waals surface area contributed by atoms with Gasteiger partial charge in [-0.3, -0.25) is 14.9 Å². The number of carbonyl (C=O) groups is 1. The molecule has 0 spiro atoms. The van der Waals surface area contributed by atoms with Gasteiger partial charge in [-0.25, -0.2) is 0 Å². The Morgan fingerprint density at radius 2 is 2.32 bits per heavy atom. The molecule has 1 aromatic carbocycles. The van der Waals surface area contributed by atoms with Gasteiger partial charge in [-0.15, -0.1) is 6.58 Å². The van der Waals surface area contributed by atoms with Crippen molar-refractivity contribution in [3.8, 4) is 5.75 Å². The first-order valence-electron chi connectivity index (χ1n) is 6.95. The van der Waals surface area contributed by atoms with Crippen LogP contribution in [0.1, 0.15) is 19.8 Å². The van der Waals surface area contributed by atoms with Crippen LogP contribution in [0.3, 0.4) is 0 Å². The van der Waals surface area contributed by atoms with Crippen LogP contribution in [0, 0.1) is 10.1 Å². The van der Waals surface area contributed by atoms with E-state index in [0.717, 1.165) is 0 Å². The highest BCUT2D eigenvalue weighted by Crippen LogP contribution is 2.32. The fourth-order valence-electron chi connectivity index (χ4n) is 2.50. The van der Waals surface area contributed by atoms with E-state index in [2.05, 4.69) is 22.5 Å². The predicted molar refractivity (Wildman–Crippen MR) is 85.8 cm³/mol. The molecule has 0 bridgehead atoms. The Bertz CT molecular complexity index is 605. The van der Waals surface area contributed by atoms with Crippen molar-refractivity contribution < 1.29 is 14.5 Å². The third kappa shape index (κ3) is 3.47. The van der Waals surface area contributed by atoms with Crippen LogP contribution < -0.4 is 4.74 Å². The highest BCUT2D eigenvalue weighted by atomic mass is 79.9. The molecule has 0 aliphatic carbocycles. The summed E-state index contributed by atoms with van der Waals surface area (Å²) >= 11 is 3.29. The maximum atomic E-state index is 11.9. The quantitative estimate of drug-likeness (QED) is 0.454. The SMILES string of the molecule is C=CCN1C(=O)CCC(Oc2ccc([N+](=O)[O-])cc2Br)C1C. The fraction of sp³-hybridized carbons (Fsp3) is 0.400. The normalized spacial score (nSPS) is 21.5. The zero-order valence-electron chi connectivity index (χ0n) is 12.2. The van der Waals surface area contributed by atoms with E-state index >= 15 is 0 Å². The van der Waals surface area contributed by atoms with Gasteiger partial charge in [-0.2, -0.15) is 0 Å². The molecule has 2 atom stereocenters. The minimum atomic E-state index is -0.456. The van der Waals surface area contributed by atoms with E-state index < -0.39 is 4.92 Å². The molecular weight excluding hydrogens is 352 g/mol. The van der Waals surface area contributed by atoms with Crippen molar-refractivity contribution in [3.05, 3.63) is 45.4 Å². The summed E-state index contributed by atoms with van der Waals surface area (Å²) < 4.78 is 6.49. The second-order valence-corrected chi connectivity index (χ2v) is 6.00. The minimum Gasteiger partial charge on any atom is -0.487 e. The molecule has 0 saturated carbocycles. The Hall–Kier alpha value is -1.89. The van der Waals surface area contributed by atoms with E-state index in [9.17, 15) is 14.9 Å². The first-order valence-corrected chi connectivity index (χ1v) is 7.74. The largest absolute Gasteiger partial charge is 0.487 e. The summed E-state index contributed by atoms with van der Waals surface area (Å²) in [6, 6.07) is 4.31. The fourth-order valence-corrected chi connectivity index (χ4v) is 2.97. The molecular formula is C15H17BrN2O4. The maximum Gasteiger partial charge on any atom is 0.270 e. The van der Waals surface area contributed by atoms with Crippen molar-refractivity contribution in [1.29, 1.82) is 0 Å². The third-order valence-corrected chi connectivity index (χ3v) is 4.34. The standard InChI is InChI=1S/C15H17BrN2O4/c1-3-8-17-10(2)13(6-7-15(17)19)22-14-5-4-11(18(20)21)9-12(14)16/h3-5,9-10,13H,1,6-8H2,2H3. The molecule has 1 aliphatic heterocycles. The van der Waals surface area contributed by atoms with Crippen molar-refractivity contribution >= 4 is 27.5 Å². The second-order valence-electron chi connectivity index (χ2n) is 5.14. The van der Waals surface area contributed by atoms with Crippen LogP contribution in [0.2, 0.25) is 0 Å². The summed E-state index contributed by atoms with van der Waals surface area (Å²) in [6.45, 7) is 6.09. The molecule has 1 amide bonds. The number of piperidine rings is 1. The van der Waals surface area contributed by atoms with Gasteiger partial charge in [0.25, 0.3) is 5.69 Å². The molecule has 1 aromatic rings. The number of carbonyl (C=O) groups excluding carboxylic acids is 1. The van der Waals surface area contributed by atoms with Gasteiger partial charge in [0.2, 0.25) is 5.91 Å². The number of nitrogens with zero attached hydrogens (tertiary/aromatic N) is 2. The Kier molecular flexibility index (Phi) is 5.18. The van der Waals surface area contributed by atoms with Gasteiger partial charge < -0.3 is 9.64 Å². The molecule has 1 saturated heterocycles. The third-order valence-electron chi connectivity index (χ3n) is 3.72. The van der Waals surface area contributed by atoms with E-state index in [0.29, 0.717) is 29.6 Å². The Morgan fingerprint density at radius 3 is 2.91 bits per heavy atom. The number of non-ortho nitro benzene ring substituents is 1. The first kappa shape index (κ1) is 16.5. The molecule has 2 unspecified atom stereocenters. The molecule has 118 valence electrons. The Morgan fingerprint density at radius 1 is 1.59 bits per heavy atom. The molecule has 0 N–H and O–H groups in total. The minimum absolute atomic E-state index is 0.000575. The summed E-state index contributed by atoms with van der Waals surface area (Å²) in [5, 5.41) is 10.7. The van der Waals surface area contributed by atoms with E-state index in [-0.39, 0.29) is 23.7 Å². The number of likely N-dealkylation sites (tertiary alicyclic amines) is 1. The van der Waals surface area contributed by atoms with Crippen LogP contribution in [0.25, 0.3) is 0 Å². The number of amides is 1. The Labute approximate surface area is 137 Å². The second kappa shape index (κ2) is 6.91. The van der Waals surface area contributed by atoms with Crippen molar-refractivity contribution in [3.63, 3.8) is 0 Å². The van der Waals surface area contributed by atoms with Gasteiger partial charge in [0.1, 0.15) is 11.9 Å². The molecule has 0 radical (unpaired) electrons. The molecule has 6 nitrogen and oxygen atoms in total. The van der Waals surface area contributed by atoms with Crippen molar-refractivity contribution in [2.24, 2.45) is 0 Å². The van der Waals surface area contributed by atoms with Gasteiger partial charge in [-0.05, 0) is 35.3 Å². The summed E-state index contributed by atoms with van der Waals surface area (Å²) in [6.07, 6.45) is 2.58. The summed E-state index contributed by atoms with van der Waals surface area (Å²) in [5.74, 6) is 0.630. The average Bonchev–Trinajstić information content (AvgIpc) is 2.48. The van der Waals surface area contributed by atoms with Crippen LogP contribution >= 0.6 is 15.9 Å². The highest BCUT2D eigenvalue weighted by molar-refractivity contribution is 9.10. The highest BCUT2D eigenvalue weighted by Gasteiger charge is 2.33. The maximum absolute atomic E-state index is 11.9. The van der Waals surface area contributed by atoms with Gasteiger partial charge in [0.15, 0.2) is 0 Å². The van der Waals surface area contributed by atoms with E-state index in [1.54, 1.807) is 17.0 Å². The van der Waals surface area contributed by atoms with Crippen LogP contribution in [-0.4, -0.2) is 34.4 Å². The van der Waals surface area contributed by atoms with Gasteiger partial charge in [0, 0.05) is 25.1 Å². The molecule has 1 aliphatic rings. The zero-order valence-corrected chi connectivity index (χ0v) is 13.8. The van der Waals surface area contributed by atoms with Crippen molar-refractivity contribution in [2.75, 3.05) is 6.54 Å². The molecule has 0 aromatic heterocycles. The van der Waals surface area contributed by atoms with Crippen molar-refractivity contribution in [2.45, 2.75) is 31.9 Å². The van der Waals surface area contributed by atoms with Gasteiger partial charge in [0.05, 0.1) is 15.4 Å². The Balaban J connectivity index is 2.14. The van der Waals surface area contributed by atoms with Gasteiger partial charge >= 0.3 is 0 Å². The number of ether oxygens (including phenoxy) is 1. The van der Waals surface area contributed by atoms with Crippen LogP contribution in [0.15, 0.2) is 35.3 Å². The number of hydrogen-bond donors (Lipinski definition) is 0. The number of halogens is 1. The first-order chi connectivity index (χ1) is 10.4. The lowest BCUT2D eigenvalue weighted by atomic mass is 9.99. The number of nitro groups is 1. The van der Waals surface area contributed by atoms with E-state index in [4.69, 9.17) is 4.74 Å². The lowest BCUT2D eigenvalue weighted by molar-refractivity contribution is -0.385. The molecule has 22 heavy (non-hydrogen) atoms. The summed E-state index contributed by atoms with van der Waals surface area (Å²) in [5.41, 5.74) is -0.000575. The molecule has 1 heterocycles. The molecule has 2 rings (SSSR count). The lowest BCUT2D eigenvalue weighted by Crippen LogP contribution is -2.51. The predicted octanol–water partition coefficient (Wildman–Crippen LogP) is 3.30. The summed E-state index contributed by atoms with van der Waals surface area (Å²) in [7, 11) is 0. The lowest BCUT2D eigenvalue weighted by Gasteiger charge is -2.38. The smallest absolute Gasteiger partial charge is 0.270 e. The monoisotopic (exact) mass is 368 g/mol. The van der Waals surface area contributed by atoms with E-state index in [1.165, 1.54) is 12.1 Å². The van der Waals surface area contributed by atoms with Crippen LogP contribution in [-0.2, 0) is 4.79 Å². The van der Waals surface area contributed by atoms with Crippen LogP contribution in [0.5, 0.6) is 5.75 Å². The number of hydrogen-bond acceptors (Lipinski definition) is 4. The number of rotatable bonds is 5. The zero-order chi connectivity index (χ0) is 16.3.